The topological polar surface area (TPSA) is 87.2 Å². The van der Waals surface area contributed by atoms with Gasteiger partial charge >= 0.3 is 0 Å². The Hall–Kier alpha value is -2.13. The van der Waals surface area contributed by atoms with Crippen molar-refractivity contribution in [3.8, 4) is 5.75 Å². The quantitative estimate of drug-likeness (QED) is 0.678. The summed E-state index contributed by atoms with van der Waals surface area (Å²) in [5, 5.41) is 0. The minimum absolute atomic E-state index is 0.109. The maximum Gasteiger partial charge on any atom is 0.257 e. The Morgan fingerprint density at radius 3 is 2.32 bits per heavy atom. The van der Waals surface area contributed by atoms with E-state index in [9.17, 15) is 18.0 Å². The van der Waals surface area contributed by atoms with Crippen molar-refractivity contribution in [1.29, 1.82) is 0 Å². The predicted molar refractivity (Wildman–Crippen MR) is 104 cm³/mol. The summed E-state index contributed by atoms with van der Waals surface area (Å²) in [6, 6.07) is 4.45. The normalized spacial score (nSPS) is 19.5. The second-order valence-corrected chi connectivity index (χ2v) is 9.32. The third-order valence-corrected chi connectivity index (χ3v) is 7.43. The number of nitrogens with zero attached hydrogens (tertiary/aromatic N) is 3. The average Bonchev–Trinajstić information content (AvgIpc) is 2.73. The number of methoxy groups -OCH3 is 1. The maximum atomic E-state index is 13.0. The third-order valence-electron chi connectivity index (χ3n) is 5.53. The van der Waals surface area contributed by atoms with Gasteiger partial charge in [0.15, 0.2) is 0 Å². The van der Waals surface area contributed by atoms with Crippen LogP contribution in [0.1, 0.15) is 30.1 Å². The molecule has 0 atom stereocenters. The van der Waals surface area contributed by atoms with Gasteiger partial charge in [0.05, 0.1) is 17.6 Å². The van der Waals surface area contributed by atoms with Gasteiger partial charge in [0.1, 0.15) is 5.75 Å². The largest absolute Gasteiger partial charge is 0.496 e. The third kappa shape index (κ3) is 4.15. The first-order valence-corrected chi connectivity index (χ1v) is 11.0. The Morgan fingerprint density at radius 2 is 1.75 bits per heavy atom. The van der Waals surface area contributed by atoms with Crippen LogP contribution < -0.4 is 4.74 Å². The lowest BCUT2D eigenvalue weighted by Crippen LogP contribution is -2.48. The van der Waals surface area contributed by atoms with Crippen molar-refractivity contribution >= 4 is 22.3 Å². The van der Waals surface area contributed by atoms with Crippen molar-refractivity contribution in [3.05, 3.63) is 23.8 Å². The molecular weight excluding hydrogens is 382 g/mol. The van der Waals surface area contributed by atoms with Gasteiger partial charge in [0.2, 0.25) is 16.4 Å². The Kier molecular flexibility index (Phi) is 6.24. The monoisotopic (exact) mass is 409 g/mol. The van der Waals surface area contributed by atoms with E-state index < -0.39 is 10.0 Å². The first-order valence-electron chi connectivity index (χ1n) is 9.53. The zero-order chi connectivity index (χ0) is 20.3. The molecule has 28 heavy (non-hydrogen) atoms. The average molecular weight is 410 g/mol. The van der Waals surface area contributed by atoms with Crippen molar-refractivity contribution < 1.29 is 22.7 Å². The number of amides is 2. The van der Waals surface area contributed by atoms with E-state index in [2.05, 4.69) is 6.92 Å². The van der Waals surface area contributed by atoms with Crippen LogP contribution in [0.25, 0.3) is 0 Å². The van der Waals surface area contributed by atoms with E-state index in [0.29, 0.717) is 50.9 Å². The van der Waals surface area contributed by atoms with Crippen LogP contribution in [-0.4, -0.2) is 81.2 Å². The van der Waals surface area contributed by atoms with Gasteiger partial charge in [-0.05, 0) is 37.0 Å². The molecule has 0 aliphatic carbocycles. The number of benzene rings is 1. The summed E-state index contributed by atoms with van der Waals surface area (Å²) in [5.41, 5.74) is 0.230. The molecule has 0 N–H and O–H groups in total. The molecule has 0 aromatic heterocycles. The summed E-state index contributed by atoms with van der Waals surface area (Å²) >= 11 is 0. The molecule has 2 fully saturated rings. The van der Waals surface area contributed by atoms with Crippen molar-refractivity contribution in [2.24, 2.45) is 5.92 Å². The first-order chi connectivity index (χ1) is 13.4. The van der Waals surface area contributed by atoms with Gasteiger partial charge in [-0.15, -0.1) is 0 Å². The van der Waals surface area contributed by atoms with Gasteiger partial charge in [0.25, 0.3) is 5.91 Å². The number of piperidine rings is 1. The second kappa shape index (κ2) is 8.48. The molecule has 0 unspecified atom stereocenters. The van der Waals surface area contributed by atoms with E-state index in [1.165, 1.54) is 29.6 Å². The molecular formula is C19H27N3O5S. The van der Waals surface area contributed by atoms with E-state index >= 15 is 0 Å². The fraction of sp³-hybridized carbons (Fsp3) is 0.579. The molecule has 9 heteroatoms. The van der Waals surface area contributed by atoms with Crippen molar-refractivity contribution in [2.45, 2.75) is 24.7 Å². The highest BCUT2D eigenvalue weighted by atomic mass is 32.2. The van der Waals surface area contributed by atoms with Crippen LogP contribution in [0.4, 0.5) is 0 Å². The Bertz CT molecular complexity index is 826. The Labute approximate surface area is 166 Å². The molecule has 8 nitrogen and oxygen atoms in total. The molecule has 2 aliphatic rings. The highest BCUT2D eigenvalue weighted by Crippen LogP contribution is 2.28. The molecule has 2 heterocycles. The van der Waals surface area contributed by atoms with E-state index in [1.807, 2.05) is 0 Å². The van der Waals surface area contributed by atoms with Crippen molar-refractivity contribution in [2.75, 3.05) is 46.4 Å². The maximum absolute atomic E-state index is 13.0. The SMILES string of the molecule is COc1ccc(S(=O)(=O)N2CCC(C)CC2)cc1C(=O)N1CCN(C=O)CC1. The van der Waals surface area contributed by atoms with Gasteiger partial charge in [-0.3, -0.25) is 9.59 Å². The van der Waals surface area contributed by atoms with E-state index in [4.69, 9.17) is 4.74 Å². The lowest BCUT2D eigenvalue weighted by molar-refractivity contribution is -0.119. The molecule has 1 aromatic carbocycles. The fourth-order valence-electron chi connectivity index (χ4n) is 3.59. The molecule has 2 amide bonds. The van der Waals surface area contributed by atoms with Crippen LogP contribution in [0.5, 0.6) is 5.75 Å². The van der Waals surface area contributed by atoms with Crippen LogP contribution in [0, 0.1) is 5.92 Å². The van der Waals surface area contributed by atoms with Gasteiger partial charge in [-0.1, -0.05) is 6.92 Å². The van der Waals surface area contributed by atoms with Gasteiger partial charge in [-0.25, -0.2) is 8.42 Å². The van der Waals surface area contributed by atoms with Crippen molar-refractivity contribution in [3.63, 3.8) is 0 Å². The molecule has 0 bridgehead atoms. The lowest BCUT2D eigenvalue weighted by Gasteiger charge is -2.33. The molecule has 3 rings (SSSR count). The predicted octanol–water partition coefficient (Wildman–Crippen LogP) is 1.03. The summed E-state index contributed by atoms with van der Waals surface area (Å²) in [7, 11) is -2.20. The van der Waals surface area contributed by atoms with E-state index in [1.54, 1.807) is 9.80 Å². The number of piperazine rings is 1. The first kappa shape index (κ1) is 20.6. The summed E-state index contributed by atoms with van der Waals surface area (Å²) in [5.74, 6) is 0.574. The van der Waals surface area contributed by atoms with Crippen LogP contribution in [0.3, 0.4) is 0 Å². The molecule has 2 aliphatic heterocycles. The minimum atomic E-state index is -3.66. The summed E-state index contributed by atoms with van der Waals surface area (Å²) in [4.78, 5) is 27.2. The van der Waals surface area contributed by atoms with Crippen molar-refractivity contribution in [1.82, 2.24) is 14.1 Å². The fourth-order valence-corrected chi connectivity index (χ4v) is 5.09. The number of rotatable bonds is 5. The second-order valence-electron chi connectivity index (χ2n) is 7.38. The molecule has 1 aromatic rings. The summed E-state index contributed by atoms with van der Waals surface area (Å²) in [6.45, 7) is 4.84. The molecule has 2 saturated heterocycles. The zero-order valence-corrected chi connectivity index (χ0v) is 17.2. The van der Waals surface area contributed by atoms with E-state index in [0.717, 1.165) is 19.3 Å². The molecule has 0 spiro atoms. The van der Waals surface area contributed by atoms with Crippen LogP contribution in [0.15, 0.2) is 23.1 Å². The number of sulfonamides is 1. The van der Waals surface area contributed by atoms with Crippen LogP contribution >= 0.6 is 0 Å². The van der Waals surface area contributed by atoms with Crippen LogP contribution in [0.2, 0.25) is 0 Å². The standard InChI is InChI=1S/C19H27N3O5S/c1-15-5-7-22(8-6-15)28(25,26)16-3-4-18(27-2)17(13-16)19(24)21-11-9-20(14-23)10-12-21/h3-4,13-15H,5-12H2,1-2H3. The number of hydrogen-bond acceptors (Lipinski definition) is 5. The highest BCUT2D eigenvalue weighted by Gasteiger charge is 2.30. The van der Waals surface area contributed by atoms with Crippen LogP contribution in [-0.2, 0) is 14.8 Å². The van der Waals surface area contributed by atoms with E-state index in [-0.39, 0.29) is 16.4 Å². The lowest BCUT2D eigenvalue weighted by atomic mass is 10.0. The van der Waals surface area contributed by atoms with Gasteiger partial charge < -0.3 is 14.5 Å². The molecule has 0 saturated carbocycles. The number of carbonyl (C=O) groups is 2. The Morgan fingerprint density at radius 1 is 1.11 bits per heavy atom. The molecule has 0 radical (unpaired) electrons. The minimum Gasteiger partial charge on any atom is -0.496 e. The summed E-state index contributed by atoms with van der Waals surface area (Å²) < 4.78 is 32.9. The summed E-state index contributed by atoms with van der Waals surface area (Å²) in [6.07, 6.45) is 2.44. The number of hydrogen-bond donors (Lipinski definition) is 0. The smallest absolute Gasteiger partial charge is 0.257 e. The Balaban J connectivity index is 1.86. The number of ether oxygens (including phenoxy) is 1. The number of carbonyl (C=O) groups excluding carboxylic acids is 2. The van der Waals surface area contributed by atoms with Gasteiger partial charge in [-0.2, -0.15) is 4.31 Å². The zero-order valence-electron chi connectivity index (χ0n) is 16.3. The van der Waals surface area contributed by atoms with Gasteiger partial charge in [0, 0.05) is 39.3 Å². The molecule has 154 valence electrons. The highest BCUT2D eigenvalue weighted by molar-refractivity contribution is 7.89.